The smallest absolute Gasteiger partial charge is 0.410 e. The minimum atomic E-state index is -0.578. The molecule has 2 unspecified atom stereocenters. The molecule has 1 amide bonds. The topological polar surface area (TPSA) is 50.8 Å². The van der Waals surface area contributed by atoms with Crippen molar-refractivity contribution >= 4 is 6.09 Å². The summed E-state index contributed by atoms with van der Waals surface area (Å²) >= 11 is 0. The van der Waals surface area contributed by atoms with Gasteiger partial charge in [-0.05, 0) is 45.9 Å². The maximum absolute atomic E-state index is 13.9. The second-order valence-corrected chi connectivity index (χ2v) is 7.20. The molecule has 1 aromatic rings. The largest absolute Gasteiger partial charge is 0.444 e. The van der Waals surface area contributed by atoms with Crippen molar-refractivity contribution in [2.24, 2.45) is 0 Å². The highest BCUT2D eigenvalue weighted by Crippen LogP contribution is 2.19. The van der Waals surface area contributed by atoms with E-state index in [9.17, 15) is 13.6 Å². The molecule has 2 rings (SSSR count). The molecule has 5 nitrogen and oxygen atoms in total. The molecule has 7 heteroatoms. The molecule has 0 spiro atoms. The predicted octanol–water partition coefficient (Wildman–Crippen LogP) is 3.25. The van der Waals surface area contributed by atoms with Crippen molar-refractivity contribution in [3.05, 3.63) is 35.4 Å². The molecule has 0 aliphatic carbocycles. The van der Waals surface area contributed by atoms with Gasteiger partial charge in [-0.3, -0.25) is 4.90 Å². The molecular formula is C18H26F2N2O3. The summed E-state index contributed by atoms with van der Waals surface area (Å²) in [6.45, 7) is 8.82. The summed E-state index contributed by atoms with van der Waals surface area (Å²) in [7, 11) is 0. The van der Waals surface area contributed by atoms with Crippen LogP contribution in [0.15, 0.2) is 18.2 Å². The molecule has 2 atom stereocenters. The van der Waals surface area contributed by atoms with Crippen molar-refractivity contribution in [2.45, 2.75) is 45.4 Å². The number of rotatable bonds is 4. The summed E-state index contributed by atoms with van der Waals surface area (Å²) < 4.78 is 38.1. The van der Waals surface area contributed by atoms with Crippen molar-refractivity contribution in [3.63, 3.8) is 0 Å². The summed E-state index contributed by atoms with van der Waals surface area (Å²) in [6.07, 6.45) is -0.396. The van der Waals surface area contributed by atoms with Crippen LogP contribution in [0.4, 0.5) is 13.6 Å². The fourth-order valence-corrected chi connectivity index (χ4v) is 2.65. The van der Waals surface area contributed by atoms with Crippen LogP contribution in [0.1, 0.15) is 39.3 Å². The maximum atomic E-state index is 13.9. The van der Waals surface area contributed by atoms with Crippen LogP contribution in [0.5, 0.6) is 0 Å². The minimum Gasteiger partial charge on any atom is -0.444 e. The lowest BCUT2D eigenvalue weighted by atomic mass is 10.1. The Hall–Kier alpha value is -1.73. The Morgan fingerprint density at radius 1 is 1.44 bits per heavy atom. The van der Waals surface area contributed by atoms with E-state index in [0.29, 0.717) is 26.3 Å². The van der Waals surface area contributed by atoms with Crippen LogP contribution in [0, 0.1) is 11.6 Å². The third-order valence-corrected chi connectivity index (χ3v) is 3.94. The number of hydrogen-bond donors (Lipinski definition) is 1. The van der Waals surface area contributed by atoms with Gasteiger partial charge in [-0.25, -0.2) is 13.6 Å². The van der Waals surface area contributed by atoms with Crippen molar-refractivity contribution < 1.29 is 23.0 Å². The average molecular weight is 356 g/mol. The first-order valence-electron chi connectivity index (χ1n) is 8.43. The molecule has 0 saturated carbocycles. The Morgan fingerprint density at radius 2 is 2.16 bits per heavy atom. The molecule has 1 saturated heterocycles. The highest BCUT2D eigenvalue weighted by molar-refractivity contribution is 5.68. The lowest BCUT2D eigenvalue weighted by Gasteiger charge is -2.37. The molecule has 140 valence electrons. The fraction of sp³-hybridized carbons (Fsp3) is 0.611. The van der Waals surface area contributed by atoms with E-state index in [2.05, 4.69) is 5.32 Å². The van der Waals surface area contributed by atoms with Crippen LogP contribution in [0.2, 0.25) is 0 Å². The number of hydrogen-bond acceptors (Lipinski definition) is 4. The number of carbonyl (C=O) groups excluding carboxylic acids is 1. The zero-order chi connectivity index (χ0) is 18.6. The van der Waals surface area contributed by atoms with Crippen LogP contribution in [0.25, 0.3) is 0 Å². The minimum absolute atomic E-state index is 0.234. The summed E-state index contributed by atoms with van der Waals surface area (Å²) in [5.41, 5.74) is -0.328. The van der Waals surface area contributed by atoms with Crippen molar-refractivity contribution in [1.82, 2.24) is 10.2 Å². The van der Waals surface area contributed by atoms with Gasteiger partial charge in [-0.2, -0.15) is 0 Å². The van der Waals surface area contributed by atoms with E-state index in [1.807, 2.05) is 20.8 Å². The normalized spacial score (nSPS) is 19.6. The monoisotopic (exact) mass is 356 g/mol. The first kappa shape index (κ1) is 19.6. The first-order valence-corrected chi connectivity index (χ1v) is 8.43. The SMILES string of the molecule is CC(NCC1COCCN1C(=O)OC(C)(C)C)c1cc(F)ccc1F. The molecule has 0 aromatic heterocycles. The molecule has 1 N–H and O–H groups in total. The molecule has 0 radical (unpaired) electrons. The summed E-state index contributed by atoms with van der Waals surface area (Å²) in [5.74, 6) is -0.952. The van der Waals surface area contributed by atoms with E-state index >= 15 is 0 Å². The molecule has 25 heavy (non-hydrogen) atoms. The fourth-order valence-electron chi connectivity index (χ4n) is 2.65. The van der Waals surface area contributed by atoms with Crippen LogP contribution in [-0.2, 0) is 9.47 Å². The summed E-state index contributed by atoms with van der Waals surface area (Å²) in [6, 6.07) is 2.74. The van der Waals surface area contributed by atoms with Gasteiger partial charge < -0.3 is 14.8 Å². The van der Waals surface area contributed by atoms with Crippen LogP contribution in [0.3, 0.4) is 0 Å². The third-order valence-electron chi connectivity index (χ3n) is 3.94. The lowest BCUT2D eigenvalue weighted by molar-refractivity contribution is -0.0321. The average Bonchev–Trinajstić information content (AvgIpc) is 2.53. The van der Waals surface area contributed by atoms with E-state index in [0.717, 1.165) is 12.1 Å². The number of carbonyl (C=O) groups is 1. The van der Waals surface area contributed by atoms with Crippen molar-refractivity contribution in [2.75, 3.05) is 26.3 Å². The molecule has 1 aliphatic heterocycles. The third kappa shape index (κ3) is 5.64. The van der Waals surface area contributed by atoms with Crippen LogP contribution >= 0.6 is 0 Å². The molecule has 1 aromatic carbocycles. The number of ether oxygens (including phenoxy) is 2. The number of morpholine rings is 1. The maximum Gasteiger partial charge on any atom is 0.410 e. The van der Waals surface area contributed by atoms with Gasteiger partial charge >= 0.3 is 6.09 Å². The van der Waals surface area contributed by atoms with E-state index in [4.69, 9.17) is 9.47 Å². The number of nitrogens with one attached hydrogen (secondary N) is 1. The zero-order valence-electron chi connectivity index (χ0n) is 15.1. The number of benzene rings is 1. The highest BCUT2D eigenvalue weighted by atomic mass is 19.1. The van der Waals surface area contributed by atoms with Gasteiger partial charge in [0.15, 0.2) is 0 Å². The van der Waals surface area contributed by atoms with Gasteiger partial charge in [0.05, 0.1) is 19.3 Å². The molecule has 1 fully saturated rings. The second-order valence-electron chi connectivity index (χ2n) is 7.20. The molecule has 1 heterocycles. The van der Waals surface area contributed by atoms with Gasteiger partial charge in [0, 0.05) is 24.7 Å². The van der Waals surface area contributed by atoms with Gasteiger partial charge in [0.25, 0.3) is 0 Å². The molecule has 1 aliphatic rings. The van der Waals surface area contributed by atoms with Crippen LogP contribution < -0.4 is 5.32 Å². The zero-order valence-corrected chi connectivity index (χ0v) is 15.1. The van der Waals surface area contributed by atoms with Crippen LogP contribution in [-0.4, -0.2) is 48.9 Å². The quantitative estimate of drug-likeness (QED) is 0.900. The first-order chi connectivity index (χ1) is 11.7. The Morgan fingerprint density at radius 3 is 2.84 bits per heavy atom. The molecular weight excluding hydrogens is 330 g/mol. The van der Waals surface area contributed by atoms with Crippen molar-refractivity contribution in [3.8, 4) is 0 Å². The molecule has 0 bridgehead atoms. The van der Waals surface area contributed by atoms with E-state index in [1.165, 1.54) is 6.07 Å². The van der Waals surface area contributed by atoms with E-state index < -0.39 is 29.4 Å². The van der Waals surface area contributed by atoms with Gasteiger partial charge in [-0.1, -0.05) is 0 Å². The Labute approximate surface area is 147 Å². The van der Waals surface area contributed by atoms with E-state index in [1.54, 1.807) is 11.8 Å². The standard InChI is InChI=1S/C18H26F2N2O3/c1-12(15-9-13(19)5-6-16(15)20)21-10-14-11-24-8-7-22(14)17(23)25-18(2,3)4/h5-6,9,12,14,21H,7-8,10-11H2,1-4H3. The van der Waals surface area contributed by atoms with Crippen molar-refractivity contribution in [1.29, 1.82) is 0 Å². The van der Waals surface area contributed by atoms with Gasteiger partial charge in [-0.15, -0.1) is 0 Å². The Balaban J connectivity index is 1.99. The summed E-state index contributed by atoms with van der Waals surface area (Å²) in [4.78, 5) is 14.0. The predicted molar refractivity (Wildman–Crippen MR) is 90.3 cm³/mol. The number of halogens is 2. The highest BCUT2D eigenvalue weighted by Gasteiger charge is 2.31. The Kier molecular flexibility index (Phi) is 6.35. The van der Waals surface area contributed by atoms with E-state index in [-0.39, 0.29) is 11.6 Å². The summed E-state index contributed by atoms with van der Waals surface area (Å²) in [5, 5.41) is 3.15. The lowest BCUT2D eigenvalue weighted by Crippen LogP contribution is -2.54. The second kappa shape index (κ2) is 8.10. The van der Waals surface area contributed by atoms with Gasteiger partial charge in [0.2, 0.25) is 0 Å². The number of amides is 1. The Bertz CT molecular complexity index is 604. The van der Waals surface area contributed by atoms with Gasteiger partial charge in [0.1, 0.15) is 17.2 Å². The number of nitrogens with zero attached hydrogens (tertiary/aromatic N) is 1.